The van der Waals surface area contributed by atoms with Crippen LogP contribution < -0.4 is 5.32 Å². The maximum atomic E-state index is 5.40. The highest BCUT2D eigenvalue weighted by Crippen LogP contribution is 2.34. The number of thioether (sulfide) groups is 1. The Morgan fingerprint density at radius 2 is 2.15 bits per heavy atom. The molecule has 0 radical (unpaired) electrons. The van der Waals surface area contributed by atoms with Gasteiger partial charge in [-0.1, -0.05) is 32.9 Å². The summed E-state index contributed by atoms with van der Waals surface area (Å²) in [6.45, 7) is 9.89. The average molecular weight is 297 g/mol. The number of nitrogens with zero attached hydrogens (tertiary/aromatic N) is 2. The molecule has 0 bridgehead atoms. The molecule has 20 heavy (non-hydrogen) atoms. The SMILES string of the molecule is CCCNC(Cc1nc(CSC(C)(C)C)no1)C1CC1. The van der Waals surface area contributed by atoms with Crippen LogP contribution in [-0.4, -0.2) is 27.5 Å². The van der Waals surface area contributed by atoms with Gasteiger partial charge in [0, 0.05) is 17.2 Å². The number of hydrogen-bond donors (Lipinski definition) is 1. The van der Waals surface area contributed by atoms with Crippen molar-refractivity contribution in [1.82, 2.24) is 15.5 Å². The maximum absolute atomic E-state index is 5.40. The van der Waals surface area contributed by atoms with Gasteiger partial charge in [-0.25, -0.2) is 0 Å². The van der Waals surface area contributed by atoms with Crippen molar-refractivity contribution in [2.45, 2.75) is 69.9 Å². The molecule has 1 atom stereocenters. The summed E-state index contributed by atoms with van der Waals surface area (Å²) in [5.41, 5.74) is 0. The first-order chi connectivity index (χ1) is 9.48. The Morgan fingerprint density at radius 1 is 1.40 bits per heavy atom. The van der Waals surface area contributed by atoms with Crippen molar-refractivity contribution >= 4 is 11.8 Å². The van der Waals surface area contributed by atoms with Crippen LogP contribution in [0.2, 0.25) is 0 Å². The Hall–Kier alpha value is -0.550. The van der Waals surface area contributed by atoms with E-state index in [1.807, 2.05) is 11.8 Å². The van der Waals surface area contributed by atoms with Gasteiger partial charge >= 0.3 is 0 Å². The van der Waals surface area contributed by atoms with E-state index in [9.17, 15) is 0 Å². The molecule has 0 aromatic carbocycles. The molecule has 5 heteroatoms. The first-order valence-electron chi connectivity index (χ1n) is 7.66. The van der Waals surface area contributed by atoms with Crippen LogP contribution in [0.4, 0.5) is 0 Å². The summed E-state index contributed by atoms with van der Waals surface area (Å²) >= 11 is 1.85. The van der Waals surface area contributed by atoms with E-state index in [0.29, 0.717) is 6.04 Å². The van der Waals surface area contributed by atoms with E-state index in [-0.39, 0.29) is 4.75 Å². The van der Waals surface area contributed by atoms with Crippen LogP contribution in [-0.2, 0) is 12.2 Å². The molecule has 1 N–H and O–H groups in total. The highest BCUT2D eigenvalue weighted by atomic mass is 32.2. The fraction of sp³-hybridized carbons (Fsp3) is 0.867. The van der Waals surface area contributed by atoms with Crippen LogP contribution in [0.5, 0.6) is 0 Å². The monoisotopic (exact) mass is 297 g/mol. The van der Waals surface area contributed by atoms with Gasteiger partial charge in [0.25, 0.3) is 0 Å². The summed E-state index contributed by atoms with van der Waals surface area (Å²) < 4.78 is 5.64. The standard InChI is InChI=1S/C15H27N3OS/c1-5-8-16-12(11-6-7-11)9-14-17-13(18-19-14)10-20-15(2,3)4/h11-12,16H,5-10H2,1-4H3. The highest BCUT2D eigenvalue weighted by molar-refractivity contribution is 7.99. The summed E-state index contributed by atoms with van der Waals surface area (Å²) in [4.78, 5) is 4.53. The van der Waals surface area contributed by atoms with Crippen LogP contribution >= 0.6 is 11.8 Å². The third kappa shape index (κ3) is 5.44. The average Bonchev–Trinajstić information content (AvgIpc) is 3.12. The van der Waals surface area contributed by atoms with Crippen molar-refractivity contribution in [1.29, 1.82) is 0 Å². The molecule has 114 valence electrons. The quantitative estimate of drug-likeness (QED) is 0.796. The van der Waals surface area contributed by atoms with Gasteiger partial charge in [0.1, 0.15) is 0 Å². The molecule has 1 heterocycles. The molecular weight excluding hydrogens is 270 g/mol. The molecule has 0 aliphatic heterocycles. The van der Waals surface area contributed by atoms with Crippen molar-refractivity contribution in [3.63, 3.8) is 0 Å². The lowest BCUT2D eigenvalue weighted by Gasteiger charge is -2.16. The molecular formula is C15H27N3OS. The van der Waals surface area contributed by atoms with Gasteiger partial charge in [-0.3, -0.25) is 0 Å². The van der Waals surface area contributed by atoms with E-state index in [4.69, 9.17) is 4.52 Å². The van der Waals surface area contributed by atoms with Gasteiger partial charge in [0.05, 0.1) is 5.75 Å². The van der Waals surface area contributed by atoms with Crippen LogP contribution in [0, 0.1) is 5.92 Å². The number of nitrogens with one attached hydrogen (secondary N) is 1. The normalized spacial score (nSPS) is 17.4. The smallest absolute Gasteiger partial charge is 0.228 e. The van der Waals surface area contributed by atoms with E-state index >= 15 is 0 Å². The Labute approximate surface area is 126 Å². The fourth-order valence-electron chi connectivity index (χ4n) is 2.13. The third-order valence-corrected chi connectivity index (χ3v) is 4.66. The zero-order valence-corrected chi connectivity index (χ0v) is 13.9. The summed E-state index contributed by atoms with van der Waals surface area (Å²) in [7, 11) is 0. The number of aromatic nitrogens is 2. The molecule has 0 spiro atoms. The van der Waals surface area contributed by atoms with Gasteiger partial charge in [0.15, 0.2) is 5.82 Å². The predicted molar refractivity (Wildman–Crippen MR) is 83.9 cm³/mol. The molecule has 1 fully saturated rings. The maximum Gasteiger partial charge on any atom is 0.228 e. The molecule has 1 saturated carbocycles. The fourth-order valence-corrected chi connectivity index (χ4v) is 2.81. The Balaban J connectivity index is 1.84. The van der Waals surface area contributed by atoms with Crippen LogP contribution in [0.15, 0.2) is 4.52 Å². The third-order valence-electron chi connectivity index (χ3n) is 3.39. The molecule has 4 nitrogen and oxygen atoms in total. The lowest BCUT2D eigenvalue weighted by atomic mass is 10.1. The van der Waals surface area contributed by atoms with Crippen molar-refractivity contribution in [3.8, 4) is 0 Å². The van der Waals surface area contributed by atoms with E-state index < -0.39 is 0 Å². The molecule has 0 saturated heterocycles. The molecule has 1 aliphatic rings. The van der Waals surface area contributed by atoms with Gasteiger partial charge in [0.2, 0.25) is 5.89 Å². The Morgan fingerprint density at radius 3 is 2.75 bits per heavy atom. The number of hydrogen-bond acceptors (Lipinski definition) is 5. The molecule has 1 aromatic rings. The Bertz CT molecular complexity index is 409. The second-order valence-corrected chi connectivity index (χ2v) is 8.41. The van der Waals surface area contributed by atoms with Gasteiger partial charge in [-0.2, -0.15) is 4.98 Å². The minimum atomic E-state index is 0.236. The summed E-state index contributed by atoms with van der Waals surface area (Å²) in [6.07, 6.45) is 4.71. The first-order valence-corrected chi connectivity index (χ1v) is 8.65. The predicted octanol–water partition coefficient (Wildman–Crippen LogP) is 3.42. The van der Waals surface area contributed by atoms with Crippen molar-refractivity contribution in [2.75, 3.05) is 6.54 Å². The highest BCUT2D eigenvalue weighted by Gasteiger charge is 2.32. The zero-order valence-electron chi connectivity index (χ0n) is 13.1. The van der Waals surface area contributed by atoms with Crippen molar-refractivity contribution in [3.05, 3.63) is 11.7 Å². The first kappa shape index (κ1) is 15.8. The minimum Gasteiger partial charge on any atom is -0.339 e. The molecule has 0 amide bonds. The van der Waals surface area contributed by atoms with Gasteiger partial charge < -0.3 is 9.84 Å². The zero-order chi connectivity index (χ0) is 14.6. The van der Waals surface area contributed by atoms with Gasteiger partial charge in [-0.15, -0.1) is 11.8 Å². The lowest BCUT2D eigenvalue weighted by Crippen LogP contribution is -2.33. The largest absolute Gasteiger partial charge is 0.339 e. The minimum absolute atomic E-state index is 0.236. The number of rotatable bonds is 8. The van der Waals surface area contributed by atoms with E-state index in [1.165, 1.54) is 19.3 Å². The second-order valence-electron chi connectivity index (χ2n) is 6.61. The van der Waals surface area contributed by atoms with Crippen molar-refractivity contribution in [2.24, 2.45) is 5.92 Å². The molecule has 1 unspecified atom stereocenters. The molecule has 1 aromatic heterocycles. The van der Waals surface area contributed by atoms with E-state index in [0.717, 1.165) is 36.4 Å². The summed E-state index contributed by atoms with van der Waals surface area (Å²) in [5, 5.41) is 7.71. The summed E-state index contributed by atoms with van der Waals surface area (Å²) in [6, 6.07) is 0.513. The van der Waals surface area contributed by atoms with Gasteiger partial charge in [-0.05, 0) is 31.7 Å². The van der Waals surface area contributed by atoms with E-state index in [2.05, 4.69) is 43.2 Å². The molecule has 1 aliphatic carbocycles. The van der Waals surface area contributed by atoms with Crippen LogP contribution in [0.1, 0.15) is 58.7 Å². The van der Waals surface area contributed by atoms with E-state index in [1.54, 1.807) is 0 Å². The topological polar surface area (TPSA) is 51.0 Å². The summed E-state index contributed by atoms with van der Waals surface area (Å²) in [5.74, 6) is 3.24. The lowest BCUT2D eigenvalue weighted by molar-refractivity contribution is 0.343. The molecule has 2 rings (SSSR count). The van der Waals surface area contributed by atoms with Crippen LogP contribution in [0.25, 0.3) is 0 Å². The second kappa shape index (κ2) is 6.94. The van der Waals surface area contributed by atoms with Crippen molar-refractivity contribution < 1.29 is 4.52 Å². The van der Waals surface area contributed by atoms with Crippen LogP contribution in [0.3, 0.4) is 0 Å². The Kier molecular flexibility index (Phi) is 5.49.